The first-order chi connectivity index (χ1) is 7.27. The zero-order valence-corrected chi connectivity index (χ0v) is 9.38. The highest BCUT2D eigenvalue weighted by molar-refractivity contribution is 5.85. The lowest BCUT2D eigenvalue weighted by Crippen LogP contribution is -2.01. The number of aromatic nitrogens is 1. The van der Waals surface area contributed by atoms with E-state index < -0.39 is 0 Å². The lowest BCUT2D eigenvalue weighted by atomic mass is 10.1. The van der Waals surface area contributed by atoms with Gasteiger partial charge in [-0.3, -0.25) is 0 Å². The van der Waals surface area contributed by atoms with Gasteiger partial charge in [-0.25, -0.2) is 9.37 Å². The SMILES string of the molecule is Cl.Nc1nccc(F)c1Cc1ccccc1. The molecule has 1 heterocycles. The molecule has 0 fully saturated rings. The molecule has 0 aliphatic heterocycles. The Morgan fingerprint density at radius 1 is 1.12 bits per heavy atom. The van der Waals surface area contributed by atoms with Crippen LogP contribution in [0.4, 0.5) is 10.2 Å². The summed E-state index contributed by atoms with van der Waals surface area (Å²) in [6.45, 7) is 0. The third kappa shape index (κ3) is 2.70. The van der Waals surface area contributed by atoms with Crippen LogP contribution in [-0.2, 0) is 6.42 Å². The summed E-state index contributed by atoms with van der Waals surface area (Å²) in [4.78, 5) is 3.87. The maximum atomic E-state index is 13.4. The zero-order chi connectivity index (χ0) is 10.7. The summed E-state index contributed by atoms with van der Waals surface area (Å²) in [5, 5.41) is 0. The molecule has 2 aromatic rings. The molecule has 0 bridgehead atoms. The molecule has 0 spiro atoms. The predicted molar refractivity (Wildman–Crippen MR) is 65.1 cm³/mol. The van der Waals surface area contributed by atoms with Crippen LogP contribution >= 0.6 is 12.4 Å². The van der Waals surface area contributed by atoms with Gasteiger partial charge in [0.15, 0.2) is 0 Å². The number of nitrogens with two attached hydrogens (primary N) is 1. The fourth-order valence-electron chi connectivity index (χ4n) is 1.46. The predicted octanol–water partition coefficient (Wildman–Crippen LogP) is 2.82. The van der Waals surface area contributed by atoms with Crippen LogP contribution in [0.5, 0.6) is 0 Å². The van der Waals surface area contributed by atoms with Crippen molar-refractivity contribution in [1.29, 1.82) is 0 Å². The van der Waals surface area contributed by atoms with Gasteiger partial charge in [0.05, 0.1) is 0 Å². The van der Waals surface area contributed by atoms with Crippen LogP contribution in [-0.4, -0.2) is 4.98 Å². The van der Waals surface area contributed by atoms with Crippen LogP contribution in [0.1, 0.15) is 11.1 Å². The van der Waals surface area contributed by atoms with Crippen LogP contribution < -0.4 is 5.73 Å². The Kier molecular flexibility index (Phi) is 4.26. The summed E-state index contributed by atoms with van der Waals surface area (Å²) < 4.78 is 13.4. The van der Waals surface area contributed by atoms with E-state index in [1.165, 1.54) is 12.3 Å². The maximum Gasteiger partial charge on any atom is 0.131 e. The molecule has 16 heavy (non-hydrogen) atoms. The molecular weight excluding hydrogens is 227 g/mol. The van der Waals surface area contributed by atoms with Gasteiger partial charge in [0, 0.05) is 18.2 Å². The van der Waals surface area contributed by atoms with Crippen molar-refractivity contribution in [2.45, 2.75) is 6.42 Å². The summed E-state index contributed by atoms with van der Waals surface area (Å²) in [5.41, 5.74) is 7.10. The first-order valence-electron chi connectivity index (χ1n) is 4.70. The number of benzene rings is 1. The molecule has 0 amide bonds. The molecule has 2 N–H and O–H groups in total. The van der Waals surface area contributed by atoms with E-state index in [9.17, 15) is 4.39 Å². The fourth-order valence-corrected chi connectivity index (χ4v) is 1.46. The molecular formula is C12H12ClFN2. The van der Waals surface area contributed by atoms with E-state index in [1.807, 2.05) is 30.3 Å². The van der Waals surface area contributed by atoms with Crippen molar-refractivity contribution in [2.75, 3.05) is 5.73 Å². The highest BCUT2D eigenvalue weighted by Crippen LogP contribution is 2.17. The Hall–Kier alpha value is -1.61. The monoisotopic (exact) mass is 238 g/mol. The minimum absolute atomic E-state index is 0. The Morgan fingerprint density at radius 2 is 1.81 bits per heavy atom. The van der Waals surface area contributed by atoms with Crippen molar-refractivity contribution in [3.8, 4) is 0 Å². The Morgan fingerprint density at radius 3 is 2.44 bits per heavy atom. The first-order valence-corrected chi connectivity index (χ1v) is 4.70. The number of hydrogen-bond donors (Lipinski definition) is 1. The van der Waals surface area contributed by atoms with Gasteiger partial charge in [-0.1, -0.05) is 30.3 Å². The number of hydrogen-bond acceptors (Lipinski definition) is 2. The summed E-state index contributed by atoms with van der Waals surface area (Å²) in [6, 6.07) is 11.0. The average Bonchev–Trinajstić information content (AvgIpc) is 2.25. The maximum absolute atomic E-state index is 13.4. The molecule has 1 aromatic heterocycles. The lowest BCUT2D eigenvalue weighted by Gasteiger charge is -2.05. The molecule has 0 aliphatic carbocycles. The van der Waals surface area contributed by atoms with E-state index in [2.05, 4.69) is 4.98 Å². The third-order valence-electron chi connectivity index (χ3n) is 2.26. The second kappa shape index (κ2) is 5.47. The molecule has 84 valence electrons. The molecule has 2 rings (SSSR count). The van der Waals surface area contributed by atoms with Crippen LogP contribution in [0.25, 0.3) is 0 Å². The topological polar surface area (TPSA) is 38.9 Å². The molecule has 0 atom stereocenters. The largest absolute Gasteiger partial charge is 0.383 e. The molecule has 1 aromatic carbocycles. The zero-order valence-electron chi connectivity index (χ0n) is 8.56. The third-order valence-corrected chi connectivity index (χ3v) is 2.26. The van der Waals surface area contributed by atoms with Crippen molar-refractivity contribution >= 4 is 18.2 Å². The molecule has 0 saturated carbocycles. The lowest BCUT2D eigenvalue weighted by molar-refractivity contribution is 0.612. The fraction of sp³-hybridized carbons (Fsp3) is 0.0833. The smallest absolute Gasteiger partial charge is 0.131 e. The highest BCUT2D eigenvalue weighted by atomic mass is 35.5. The number of anilines is 1. The van der Waals surface area contributed by atoms with Crippen LogP contribution in [0, 0.1) is 5.82 Å². The van der Waals surface area contributed by atoms with Crippen molar-refractivity contribution in [2.24, 2.45) is 0 Å². The number of halogens is 2. The van der Waals surface area contributed by atoms with E-state index in [0.29, 0.717) is 12.0 Å². The van der Waals surface area contributed by atoms with E-state index >= 15 is 0 Å². The van der Waals surface area contributed by atoms with Gasteiger partial charge in [0.25, 0.3) is 0 Å². The van der Waals surface area contributed by atoms with Gasteiger partial charge in [-0.2, -0.15) is 0 Å². The van der Waals surface area contributed by atoms with Crippen molar-refractivity contribution in [3.63, 3.8) is 0 Å². The number of rotatable bonds is 2. The van der Waals surface area contributed by atoms with Crippen molar-refractivity contribution in [1.82, 2.24) is 4.98 Å². The summed E-state index contributed by atoms with van der Waals surface area (Å²) in [6.07, 6.45) is 1.85. The summed E-state index contributed by atoms with van der Waals surface area (Å²) in [7, 11) is 0. The summed E-state index contributed by atoms with van der Waals surface area (Å²) >= 11 is 0. The van der Waals surface area contributed by atoms with Gasteiger partial charge in [-0.15, -0.1) is 12.4 Å². The van der Waals surface area contributed by atoms with E-state index in [0.717, 1.165) is 5.56 Å². The number of nitrogens with zero attached hydrogens (tertiary/aromatic N) is 1. The second-order valence-electron chi connectivity index (χ2n) is 3.32. The van der Waals surface area contributed by atoms with Gasteiger partial charge in [-0.05, 0) is 11.6 Å². The van der Waals surface area contributed by atoms with Crippen LogP contribution in [0.3, 0.4) is 0 Å². The van der Waals surface area contributed by atoms with E-state index in [-0.39, 0.29) is 24.0 Å². The molecule has 0 saturated heterocycles. The Balaban J connectivity index is 0.00000128. The quantitative estimate of drug-likeness (QED) is 0.874. The number of pyridine rings is 1. The molecule has 0 radical (unpaired) electrons. The van der Waals surface area contributed by atoms with E-state index in [4.69, 9.17) is 5.73 Å². The van der Waals surface area contributed by atoms with Crippen LogP contribution in [0.15, 0.2) is 42.6 Å². The number of nitrogen functional groups attached to an aromatic ring is 1. The van der Waals surface area contributed by atoms with Crippen LogP contribution in [0.2, 0.25) is 0 Å². The Labute approximate surface area is 99.7 Å². The van der Waals surface area contributed by atoms with Crippen molar-refractivity contribution in [3.05, 3.63) is 59.5 Å². The minimum Gasteiger partial charge on any atom is -0.383 e. The molecule has 2 nitrogen and oxygen atoms in total. The van der Waals surface area contributed by atoms with Gasteiger partial charge in [0.1, 0.15) is 11.6 Å². The van der Waals surface area contributed by atoms with Crippen molar-refractivity contribution < 1.29 is 4.39 Å². The van der Waals surface area contributed by atoms with Gasteiger partial charge < -0.3 is 5.73 Å². The Bertz CT molecular complexity index is 440. The second-order valence-corrected chi connectivity index (χ2v) is 3.32. The first kappa shape index (κ1) is 12.5. The highest BCUT2D eigenvalue weighted by Gasteiger charge is 2.07. The molecule has 4 heteroatoms. The molecule has 0 aliphatic rings. The summed E-state index contributed by atoms with van der Waals surface area (Å²) in [5.74, 6) is -0.0368. The van der Waals surface area contributed by atoms with Gasteiger partial charge >= 0.3 is 0 Å². The van der Waals surface area contributed by atoms with Gasteiger partial charge in [0.2, 0.25) is 0 Å². The standard InChI is InChI=1S/C12H11FN2.ClH/c13-11-6-7-15-12(14)10(11)8-9-4-2-1-3-5-9;/h1-7H,8H2,(H2,14,15);1H. The molecule has 0 unspecified atom stereocenters. The normalized spacial score (nSPS) is 9.56. The van der Waals surface area contributed by atoms with E-state index in [1.54, 1.807) is 0 Å². The average molecular weight is 239 g/mol. The minimum atomic E-state index is -0.300.